The molecule has 0 bridgehead atoms. The van der Waals surface area contributed by atoms with Gasteiger partial charge in [-0.1, -0.05) is 0 Å². The van der Waals surface area contributed by atoms with Gasteiger partial charge in [0.1, 0.15) is 0 Å². The zero-order chi connectivity index (χ0) is 14.6. The highest BCUT2D eigenvalue weighted by Gasteiger charge is 2.25. The van der Waals surface area contributed by atoms with Gasteiger partial charge in [-0.3, -0.25) is 14.9 Å². The van der Waals surface area contributed by atoms with Gasteiger partial charge in [0.2, 0.25) is 5.91 Å². The van der Waals surface area contributed by atoms with Gasteiger partial charge in [-0.15, -0.1) is 11.3 Å². The van der Waals surface area contributed by atoms with E-state index in [4.69, 9.17) is 0 Å². The van der Waals surface area contributed by atoms with Crippen LogP contribution in [0.4, 0.5) is 10.7 Å². The number of nitrogens with zero attached hydrogens (tertiary/aromatic N) is 2. The number of aliphatic hydroxyl groups is 1. The average molecular weight is 287 g/mol. The van der Waals surface area contributed by atoms with Crippen LogP contribution in [0.2, 0.25) is 0 Å². The number of nitro groups is 1. The summed E-state index contributed by atoms with van der Waals surface area (Å²) in [6.45, 7) is 3.88. The minimum atomic E-state index is -0.767. The predicted octanol–water partition coefficient (Wildman–Crippen LogP) is 1.28. The standard InChI is InChI=1S/C11H17N3O4S/c1-4-13(6-10(16)12-3)11-8(14(17)18)5-9(19-11)7(2)15/h5,7,15H,4,6H2,1-3H3,(H,12,16). The molecule has 0 saturated heterocycles. The Morgan fingerprint density at radius 2 is 2.32 bits per heavy atom. The molecular weight excluding hydrogens is 270 g/mol. The molecule has 0 radical (unpaired) electrons. The summed E-state index contributed by atoms with van der Waals surface area (Å²) >= 11 is 1.14. The van der Waals surface area contributed by atoms with Crippen LogP contribution in [0.1, 0.15) is 24.8 Å². The Hall–Kier alpha value is -1.67. The smallest absolute Gasteiger partial charge is 0.304 e. The molecule has 0 aliphatic carbocycles. The van der Waals surface area contributed by atoms with E-state index in [1.807, 2.05) is 6.92 Å². The van der Waals surface area contributed by atoms with E-state index in [1.54, 1.807) is 11.8 Å². The molecule has 2 N–H and O–H groups in total. The molecule has 0 fully saturated rings. The van der Waals surface area contributed by atoms with Crippen molar-refractivity contribution in [3.05, 3.63) is 21.1 Å². The van der Waals surface area contributed by atoms with Crippen molar-refractivity contribution in [2.75, 3.05) is 25.0 Å². The number of aliphatic hydroxyl groups excluding tert-OH is 1. The molecule has 0 saturated carbocycles. The summed E-state index contributed by atoms with van der Waals surface area (Å²) in [6, 6.07) is 1.36. The molecule has 1 amide bonds. The third kappa shape index (κ3) is 3.65. The number of thiophene rings is 1. The van der Waals surface area contributed by atoms with Crippen LogP contribution in [-0.2, 0) is 4.79 Å². The lowest BCUT2D eigenvalue weighted by Crippen LogP contribution is -2.35. The number of hydrogen-bond acceptors (Lipinski definition) is 6. The fourth-order valence-corrected chi connectivity index (χ4v) is 2.66. The van der Waals surface area contributed by atoms with E-state index in [0.717, 1.165) is 11.3 Å². The molecule has 8 heteroatoms. The Morgan fingerprint density at radius 1 is 1.68 bits per heavy atom. The lowest BCUT2D eigenvalue weighted by Gasteiger charge is -2.19. The average Bonchev–Trinajstić information content (AvgIpc) is 2.80. The van der Waals surface area contributed by atoms with E-state index in [9.17, 15) is 20.0 Å². The van der Waals surface area contributed by atoms with Crippen molar-refractivity contribution in [3.8, 4) is 0 Å². The second-order valence-electron chi connectivity index (χ2n) is 3.96. The van der Waals surface area contributed by atoms with Crippen molar-refractivity contribution >= 4 is 27.9 Å². The van der Waals surface area contributed by atoms with Crippen molar-refractivity contribution < 1.29 is 14.8 Å². The van der Waals surface area contributed by atoms with E-state index >= 15 is 0 Å². The highest BCUT2D eigenvalue weighted by atomic mass is 32.1. The minimum Gasteiger partial charge on any atom is -0.388 e. The number of anilines is 1. The molecule has 1 heterocycles. The number of rotatable bonds is 6. The number of carbonyl (C=O) groups excluding carboxylic acids is 1. The zero-order valence-corrected chi connectivity index (χ0v) is 11.9. The fourth-order valence-electron chi connectivity index (χ4n) is 1.53. The fraction of sp³-hybridized carbons (Fsp3) is 0.545. The summed E-state index contributed by atoms with van der Waals surface area (Å²) in [5, 5.41) is 23.4. The molecule has 0 spiro atoms. The molecule has 7 nitrogen and oxygen atoms in total. The summed E-state index contributed by atoms with van der Waals surface area (Å²) < 4.78 is 0. The zero-order valence-electron chi connectivity index (χ0n) is 11.0. The van der Waals surface area contributed by atoms with Crippen LogP contribution in [0, 0.1) is 10.1 Å². The minimum absolute atomic E-state index is 0.0492. The maximum atomic E-state index is 11.4. The summed E-state index contributed by atoms with van der Waals surface area (Å²) in [4.78, 5) is 24.1. The Kier molecular flexibility index (Phi) is 5.25. The molecule has 19 heavy (non-hydrogen) atoms. The van der Waals surface area contributed by atoms with E-state index < -0.39 is 11.0 Å². The largest absolute Gasteiger partial charge is 0.388 e. The van der Waals surface area contributed by atoms with Crippen molar-refractivity contribution in [2.24, 2.45) is 0 Å². The third-order valence-electron chi connectivity index (χ3n) is 2.60. The number of hydrogen-bond donors (Lipinski definition) is 2. The van der Waals surface area contributed by atoms with Gasteiger partial charge in [0.05, 0.1) is 17.6 Å². The van der Waals surface area contributed by atoms with Gasteiger partial charge in [-0.05, 0) is 13.8 Å². The highest BCUT2D eigenvalue weighted by molar-refractivity contribution is 7.16. The van der Waals surface area contributed by atoms with Crippen LogP contribution in [0.15, 0.2) is 6.07 Å². The Morgan fingerprint density at radius 3 is 2.74 bits per heavy atom. The van der Waals surface area contributed by atoms with E-state index in [-0.39, 0.29) is 18.1 Å². The number of likely N-dealkylation sites (N-methyl/N-ethyl adjacent to an activating group) is 2. The summed E-state index contributed by atoms with van der Waals surface area (Å²) in [5.74, 6) is -0.219. The Bertz CT molecular complexity index is 473. The van der Waals surface area contributed by atoms with Crippen molar-refractivity contribution in [1.82, 2.24) is 5.32 Å². The van der Waals surface area contributed by atoms with Gasteiger partial charge >= 0.3 is 5.69 Å². The van der Waals surface area contributed by atoms with Crippen LogP contribution in [0.25, 0.3) is 0 Å². The van der Waals surface area contributed by atoms with E-state index in [1.165, 1.54) is 13.1 Å². The van der Waals surface area contributed by atoms with Crippen molar-refractivity contribution in [2.45, 2.75) is 20.0 Å². The number of nitrogens with one attached hydrogen (secondary N) is 1. The van der Waals surface area contributed by atoms with Gasteiger partial charge in [0, 0.05) is 24.5 Å². The number of amides is 1. The molecule has 1 aromatic heterocycles. The Balaban J connectivity index is 3.14. The molecule has 0 aromatic carbocycles. The van der Waals surface area contributed by atoms with Crippen LogP contribution in [0.3, 0.4) is 0 Å². The first kappa shape index (κ1) is 15.4. The lowest BCUT2D eigenvalue weighted by molar-refractivity contribution is -0.383. The van der Waals surface area contributed by atoms with Crippen LogP contribution in [-0.4, -0.2) is 36.1 Å². The molecule has 106 valence electrons. The molecule has 0 aliphatic rings. The maximum Gasteiger partial charge on any atom is 0.304 e. The highest BCUT2D eigenvalue weighted by Crippen LogP contribution is 2.39. The lowest BCUT2D eigenvalue weighted by atomic mass is 10.3. The topological polar surface area (TPSA) is 95.7 Å². The number of carbonyl (C=O) groups is 1. The Labute approximate surface area is 115 Å². The first-order valence-corrected chi connectivity index (χ1v) is 6.64. The van der Waals surface area contributed by atoms with E-state index in [2.05, 4.69) is 5.32 Å². The van der Waals surface area contributed by atoms with Gasteiger partial charge in [-0.25, -0.2) is 0 Å². The van der Waals surface area contributed by atoms with Crippen LogP contribution in [0.5, 0.6) is 0 Å². The predicted molar refractivity (Wildman–Crippen MR) is 73.6 cm³/mol. The summed E-state index contributed by atoms with van der Waals surface area (Å²) in [7, 11) is 1.51. The molecule has 1 rings (SSSR count). The molecular formula is C11H17N3O4S. The maximum absolute atomic E-state index is 11.4. The summed E-state index contributed by atoms with van der Waals surface area (Å²) in [5.41, 5.74) is -0.0772. The van der Waals surface area contributed by atoms with Crippen molar-refractivity contribution in [3.63, 3.8) is 0 Å². The van der Waals surface area contributed by atoms with Gasteiger partial charge in [0.25, 0.3) is 0 Å². The monoisotopic (exact) mass is 287 g/mol. The van der Waals surface area contributed by atoms with Crippen molar-refractivity contribution in [1.29, 1.82) is 0 Å². The van der Waals surface area contributed by atoms with Gasteiger partial charge in [-0.2, -0.15) is 0 Å². The van der Waals surface area contributed by atoms with Gasteiger partial charge < -0.3 is 15.3 Å². The third-order valence-corrected chi connectivity index (χ3v) is 3.96. The van der Waals surface area contributed by atoms with Crippen LogP contribution < -0.4 is 10.2 Å². The van der Waals surface area contributed by atoms with Crippen LogP contribution >= 0.6 is 11.3 Å². The molecule has 1 unspecified atom stereocenters. The second-order valence-corrected chi connectivity index (χ2v) is 5.02. The molecule has 1 aromatic rings. The quantitative estimate of drug-likeness (QED) is 0.607. The normalized spacial score (nSPS) is 12.0. The SMILES string of the molecule is CCN(CC(=O)NC)c1sc(C(C)O)cc1[N+](=O)[O-]. The molecule has 1 atom stereocenters. The first-order valence-electron chi connectivity index (χ1n) is 5.82. The second kappa shape index (κ2) is 6.48. The molecule has 0 aliphatic heterocycles. The van der Waals surface area contributed by atoms with E-state index in [0.29, 0.717) is 16.4 Å². The van der Waals surface area contributed by atoms with Gasteiger partial charge in [0.15, 0.2) is 5.00 Å². The first-order chi connectivity index (χ1) is 8.90. The summed E-state index contributed by atoms with van der Waals surface area (Å²) in [6.07, 6.45) is -0.767.